The van der Waals surface area contributed by atoms with Gasteiger partial charge in [-0.05, 0) is 42.6 Å². The van der Waals surface area contributed by atoms with E-state index in [1.54, 1.807) is 12.1 Å². The van der Waals surface area contributed by atoms with Gasteiger partial charge in [0.15, 0.2) is 0 Å². The first-order chi connectivity index (χ1) is 10.5. The molecule has 0 saturated carbocycles. The van der Waals surface area contributed by atoms with E-state index in [1.807, 2.05) is 43.3 Å². The van der Waals surface area contributed by atoms with E-state index in [-0.39, 0.29) is 11.3 Å². The summed E-state index contributed by atoms with van der Waals surface area (Å²) in [6, 6.07) is 16.5. The molecule has 0 heterocycles. The number of nitrogens with one attached hydrogen (secondary N) is 1. The van der Waals surface area contributed by atoms with Gasteiger partial charge >= 0.3 is 5.97 Å². The predicted octanol–water partition coefficient (Wildman–Crippen LogP) is 4.30. The van der Waals surface area contributed by atoms with Crippen LogP contribution in [-0.2, 0) is 0 Å². The largest absolute Gasteiger partial charge is 0.507 e. The minimum Gasteiger partial charge on any atom is -0.507 e. The van der Waals surface area contributed by atoms with Crippen molar-refractivity contribution >= 4 is 28.1 Å². The van der Waals surface area contributed by atoms with Gasteiger partial charge in [0.2, 0.25) is 0 Å². The summed E-state index contributed by atoms with van der Waals surface area (Å²) in [6.45, 7) is 2.02. The molecule has 22 heavy (non-hydrogen) atoms. The predicted molar refractivity (Wildman–Crippen MR) is 87.0 cm³/mol. The van der Waals surface area contributed by atoms with E-state index >= 15 is 0 Å². The fraction of sp³-hybridized carbons (Fsp3) is 0.0556. The number of hydrogen-bond donors (Lipinski definition) is 3. The molecule has 0 unspecified atom stereocenters. The van der Waals surface area contributed by atoms with Gasteiger partial charge in [-0.2, -0.15) is 0 Å². The average Bonchev–Trinajstić information content (AvgIpc) is 2.49. The molecular weight excluding hydrogens is 278 g/mol. The Kier molecular flexibility index (Phi) is 3.43. The van der Waals surface area contributed by atoms with Crippen molar-refractivity contribution in [3.05, 3.63) is 65.7 Å². The Bertz CT molecular complexity index is 854. The highest BCUT2D eigenvalue weighted by Crippen LogP contribution is 2.30. The number of benzene rings is 3. The average molecular weight is 293 g/mol. The van der Waals surface area contributed by atoms with Crippen LogP contribution in [0.1, 0.15) is 15.9 Å². The summed E-state index contributed by atoms with van der Waals surface area (Å²) in [5.41, 5.74) is 2.78. The van der Waals surface area contributed by atoms with Crippen LogP contribution in [0.25, 0.3) is 10.8 Å². The molecule has 3 rings (SSSR count). The van der Waals surface area contributed by atoms with E-state index in [4.69, 9.17) is 0 Å². The normalized spacial score (nSPS) is 10.6. The van der Waals surface area contributed by atoms with Crippen LogP contribution in [0.3, 0.4) is 0 Å². The number of fused-ring (bicyclic) bond motifs is 1. The topological polar surface area (TPSA) is 69.6 Å². The third kappa shape index (κ3) is 2.59. The molecule has 0 aliphatic carbocycles. The van der Waals surface area contributed by atoms with Crippen molar-refractivity contribution in [3.8, 4) is 5.75 Å². The molecule has 0 saturated heterocycles. The number of anilines is 2. The maximum Gasteiger partial charge on any atom is 0.340 e. The summed E-state index contributed by atoms with van der Waals surface area (Å²) in [5, 5.41) is 23.6. The lowest BCUT2D eigenvalue weighted by Crippen LogP contribution is -1.99. The lowest BCUT2D eigenvalue weighted by Gasteiger charge is -2.10. The van der Waals surface area contributed by atoms with Crippen LogP contribution in [0, 0.1) is 6.92 Å². The Balaban J connectivity index is 2.06. The second-order valence-electron chi connectivity index (χ2n) is 5.19. The molecule has 0 radical (unpaired) electrons. The van der Waals surface area contributed by atoms with Crippen molar-refractivity contribution < 1.29 is 15.0 Å². The smallest absolute Gasteiger partial charge is 0.340 e. The first-order valence-corrected chi connectivity index (χ1v) is 6.87. The molecule has 110 valence electrons. The third-order valence-corrected chi connectivity index (χ3v) is 3.55. The number of hydrogen-bond acceptors (Lipinski definition) is 3. The minimum absolute atomic E-state index is 0.0787. The lowest BCUT2D eigenvalue weighted by atomic mass is 10.0. The first kappa shape index (κ1) is 13.9. The van der Waals surface area contributed by atoms with E-state index in [9.17, 15) is 15.0 Å². The molecule has 0 aliphatic heterocycles. The zero-order chi connectivity index (χ0) is 15.7. The van der Waals surface area contributed by atoms with Gasteiger partial charge in [-0.1, -0.05) is 29.8 Å². The molecule has 0 fully saturated rings. The van der Waals surface area contributed by atoms with Gasteiger partial charge < -0.3 is 15.5 Å². The Morgan fingerprint density at radius 2 is 1.59 bits per heavy atom. The van der Waals surface area contributed by atoms with Crippen LogP contribution in [0.5, 0.6) is 5.75 Å². The van der Waals surface area contributed by atoms with Crippen molar-refractivity contribution in [1.82, 2.24) is 0 Å². The lowest BCUT2D eigenvalue weighted by molar-refractivity contribution is 0.0696. The standard InChI is InChI=1S/C18H15NO3/c1-11-2-6-13(7-3-11)19-14-8-4-12-5-9-16(20)17(18(21)22)15(12)10-14/h2-10,19-20H,1H3,(H,21,22). The van der Waals surface area contributed by atoms with E-state index < -0.39 is 5.97 Å². The van der Waals surface area contributed by atoms with E-state index in [2.05, 4.69) is 5.32 Å². The summed E-state index contributed by atoms with van der Waals surface area (Å²) in [5.74, 6) is -1.37. The number of carbonyl (C=O) groups is 1. The number of rotatable bonds is 3. The molecule has 0 spiro atoms. The monoisotopic (exact) mass is 293 g/mol. The van der Waals surface area contributed by atoms with Crippen LogP contribution < -0.4 is 5.32 Å². The van der Waals surface area contributed by atoms with Gasteiger partial charge in [0.1, 0.15) is 11.3 Å². The van der Waals surface area contributed by atoms with Gasteiger partial charge in [0.05, 0.1) is 0 Å². The summed E-state index contributed by atoms with van der Waals surface area (Å²) < 4.78 is 0. The molecule has 0 bridgehead atoms. The number of aryl methyl sites for hydroxylation is 1. The number of carboxylic acid groups (broad SMARTS) is 1. The first-order valence-electron chi connectivity index (χ1n) is 6.87. The van der Waals surface area contributed by atoms with Gasteiger partial charge in [0.25, 0.3) is 0 Å². The highest BCUT2D eigenvalue weighted by atomic mass is 16.4. The molecule has 0 aliphatic rings. The number of carboxylic acids is 1. The molecule has 3 aromatic rings. The third-order valence-electron chi connectivity index (χ3n) is 3.55. The number of phenols is 1. The quantitative estimate of drug-likeness (QED) is 0.673. The Hall–Kier alpha value is -3.01. The fourth-order valence-corrected chi connectivity index (χ4v) is 2.41. The number of aromatic carboxylic acids is 1. The van der Waals surface area contributed by atoms with Crippen molar-refractivity contribution in [3.63, 3.8) is 0 Å². The molecule has 0 amide bonds. The zero-order valence-electron chi connectivity index (χ0n) is 12.0. The van der Waals surface area contributed by atoms with Crippen molar-refractivity contribution in [2.45, 2.75) is 6.92 Å². The molecule has 3 aromatic carbocycles. The summed E-state index contributed by atoms with van der Waals surface area (Å²) in [6.07, 6.45) is 0. The molecule has 0 atom stereocenters. The molecule has 4 heteroatoms. The van der Waals surface area contributed by atoms with Crippen LogP contribution in [0.2, 0.25) is 0 Å². The highest BCUT2D eigenvalue weighted by Gasteiger charge is 2.14. The van der Waals surface area contributed by atoms with Gasteiger partial charge in [-0.25, -0.2) is 4.79 Å². The van der Waals surface area contributed by atoms with Crippen LogP contribution in [-0.4, -0.2) is 16.2 Å². The van der Waals surface area contributed by atoms with Crippen molar-refractivity contribution in [2.75, 3.05) is 5.32 Å². The minimum atomic E-state index is -1.14. The maximum absolute atomic E-state index is 11.4. The Morgan fingerprint density at radius 3 is 2.27 bits per heavy atom. The number of aromatic hydroxyl groups is 1. The fourth-order valence-electron chi connectivity index (χ4n) is 2.41. The van der Waals surface area contributed by atoms with Gasteiger partial charge in [-0.15, -0.1) is 0 Å². The van der Waals surface area contributed by atoms with E-state index in [0.717, 1.165) is 16.8 Å². The van der Waals surface area contributed by atoms with Crippen LogP contribution >= 0.6 is 0 Å². The maximum atomic E-state index is 11.4. The van der Waals surface area contributed by atoms with Crippen molar-refractivity contribution in [2.24, 2.45) is 0 Å². The Morgan fingerprint density at radius 1 is 0.955 bits per heavy atom. The molecule has 0 aromatic heterocycles. The molecule has 3 N–H and O–H groups in total. The van der Waals surface area contributed by atoms with Crippen LogP contribution in [0.4, 0.5) is 11.4 Å². The molecule has 4 nitrogen and oxygen atoms in total. The van der Waals surface area contributed by atoms with Crippen molar-refractivity contribution in [1.29, 1.82) is 0 Å². The zero-order valence-corrected chi connectivity index (χ0v) is 12.0. The van der Waals surface area contributed by atoms with E-state index in [1.165, 1.54) is 11.6 Å². The summed E-state index contributed by atoms with van der Waals surface area (Å²) >= 11 is 0. The van der Waals surface area contributed by atoms with Gasteiger partial charge in [0, 0.05) is 16.8 Å². The highest BCUT2D eigenvalue weighted by molar-refractivity contribution is 6.07. The second kappa shape index (κ2) is 5.41. The van der Waals surface area contributed by atoms with Crippen LogP contribution in [0.15, 0.2) is 54.6 Å². The summed E-state index contributed by atoms with van der Waals surface area (Å²) in [4.78, 5) is 11.4. The summed E-state index contributed by atoms with van der Waals surface area (Å²) in [7, 11) is 0. The Labute approximate surface area is 127 Å². The van der Waals surface area contributed by atoms with Gasteiger partial charge in [-0.3, -0.25) is 0 Å². The molecular formula is C18H15NO3. The van der Waals surface area contributed by atoms with E-state index in [0.29, 0.717) is 5.39 Å². The second-order valence-corrected chi connectivity index (χ2v) is 5.19. The SMILES string of the molecule is Cc1ccc(Nc2ccc3ccc(O)c(C(=O)O)c3c2)cc1.